The number of aliphatic hydroxyl groups excluding tert-OH is 1. The molecule has 0 aliphatic carbocycles. The van der Waals surface area contributed by atoms with Crippen LogP contribution in [-0.4, -0.2) is 128 Å². The lowest BCUT2D eigenvalue weighted by Gasteiger charge is -2.46. The van der Waals surface area contributed by atoms with Gasteiger partial charge in [-0.15, -0.1) is 0 Å². The number of ketones is 2. The number of nitrogens with one attached hydrogen (secondary N) is 1. The van der Waals surface area contributed by atoms with Crippen LogP contribution in [0.2, 0.25) is 0 Å². The van der Waals surface area contributed by atoms with E-state index >= 15 is 4.39 Å². The first kappa shape index (κ1) is 48.1. The highest BCUT2D eigenvalue weighted by Crippen LogP contribution is 2.44. The molecular weight excluding hydrogens is 814 g/mol. The van der Waals surface area contributed by atoms with Crippen LogP contribution in [0.5, 0.6) is 0 Å². The summed E-state index contributed by atoms with van der Waals surface area (Å²) in [4.78, 5) is 67.6. The van der Waals surface area contributed by atoms with E-state index in [0.717, 1.165) is 29.1 Å². The number of rotatable bonds is 12. The van der Waals surface area contributed by atoms with Crippen molar-refractivity contribution in [3.8, 4) is 11.3 Å². The Morgan fingerprint density at radius 3 is 2.41 bits per heavy atom. The number of methoxy groups -OCH3 is 1. The number of pyridine rings is 1. The normalized spacial score (nSPS) is 35.9. The third-order valence-electron chi connectivity index (χ3n) is 13.6. The van der Waals surface area contributed by atoms with Gasteiger partial charge in [0.2, 0.25) is 0 Å². The van der Waals surface area contributed by atoms with Crippen molar-refractivity contribution in [1.29, 1.82) is 0 Å². The summed E-state index contributed by atoms with van der Waals surface area (Å²) < 4.78 is 49.6. The molecule has 3 saturated heterocycles. The van der Waals surface area contributed by atoms with Crippen molar-refractivity contribution in [1.82, 2.24) is 24.8 Å². The second-order valence-electron chi connectivity index (χ2n) is 18.3. The first-order chi connectivity index (χ1) is 29.8. The number of halogens is 1. The van der Waals surface area contributed by atoms with Crippen LogP contribution in [0, 0.1) is 17.8 Å². The molecule has 0 saturated carbocycles. The van der Waals surface area contributed by atoms with E-state index in [4.69, 9.17) is 23.7 Å². The minimum absolute atomic E-state index is 0.00494. The molecule has 0 spiro atoms. The van der Waals surface area contributed by atoms with E-state index in [0.29, 0.717) is 32.4 Å². The number of Topliss-reactive ketones (excluding diaryl/α,β-unsaturated/α-hetero) is 2. The molecule has 2 aromatic heterocycles. The van der Waals surface area contributed by atoms with Gasteiger partial charge in [0.25, 0.3) is 5.67 Å². The fourth-order valence-corrected chi connectivity index (χ4v) is 10.1. The highest BCUT2D eigenvalue weighted by atomic mass is 19.1. The van der Waals surface area contributed by atoms with Crippen LogP contribution in [0.1, 0.15) is 94.4 Å². The third-order valence-corrected chi connectivity index (χ3v) is 13.6. The molecule has 346 valence electrons. The number of fused-ring (bicyclic) bond motifs is 2. The van der Waals surface area contributed by atoms with E-state index in [-0.39, 0.29) is 31.3 Å². The lowest BCUT2D eigenvalue weighted by Crippen LogP contribution is -2.62. The molecule has 16 heteroatoms. The number of cyclic esters (lactones) is 1. The Labute approximate surface area is 369 Å². The first-order valence-corrected chi connectivity index (χ1v) is 22.4. The largest absolute Gasteiger partial charge is 0.455 e. The molecule has 3 aromatic rings. The topological polar surface area (TPSA) is 181 Å². The number of unbranched alkanes of at least 4 members (excludes halogenated alkanes) is 1. The lowest BCUT2D eigenvalue weighted by molar-refractivity contribution is -0.290. The van der Waals surface area contributed by atoms with Crippen LogP contribution < -0.4 is 5.32 Å². The number of esters is 1. The van der Waals surface area contributed by atoms with Gasteiger partial charge in [0.1, 0.15) is 18.0 Å². The molecule has 1 aromatic carbocycles. The maximum atomic E-state index is 16.9. The van der Waals surface area contributed by atoms with Gasteiger partial charge in [-0.25, -0.2) is 19.0 Å². The Kier molecular flexibility index (Phi) is 14.8. The molecule has 3 aliphatic heterocycles. The third kappa shape index (κ3) is 9.70. The Balaban J connectivity index is 1.26. The molecule has 6 rings (SSSR count). The first-order valence-electron chi connectivity index (χ1n) is 22.4. The van der Waals surface area contributed by atoms with Gasteiger partial charge in [0, 0.05) is 67.3 Å². The molecule has 2 N–H and O–H groups in total. The number of alkyl halides is 1. The molecule has 3 fully saturated rings. The van der Waals surface area contributed by atoms with Crippen molar-refractivity contribution in [2.75, 3.05) is 20.2 Å². The number of nitrogens with zero attached hydrogens (tertiary/aromatic N) is 4. The number of carbonyl (C=O) groups is 4. The number of ether oxygens (including phenoxy) is 5. The van der Waals surface area contributed by atoms with E-state index in [1.165, 1.54) is 18.9 Å². The highest BCUT2D eigenvalue weighted by Gasteiger charge is 2.61. The fourth-order valence-electron chi connectivity index (χ4n) is 10.1. The predicted octanol–water partition coefficient (Wildman–Crippen LogP) is 6.22. The molecular formula is C47H66FN5O10. The Morgan fingerprint density at radius 1 is 1.00 bits per heavy atom. The molecule has 1 unspecified atom stereocenters. The predicted molar refractivity (Wildman–Crippen MR) is 232 cm³/mol. The lowest BCUT2D eigenvalue weighted by atomic mass is 9.73. The molecule has 1 amide bonds. The number of hydrogen-bond donors (Lipinski definition) is 2. The van der Waals surface area contributed by atoms with Gasteiger partial charge in [-0.3, -0.25) is 14.6 Å². The van der Waals surface area contributed by atoms with Crippen molar-refractivity contribution in [2.45, 2.75) is 161 Å². The van der Waals surface area contributed by atoms with Gasteiger partial charge in [0.15, 0.2) is 17.7 Å². The number of hydrogen-bond acceptors (Lipinski definition) is 13. The van der Waals surface area contributed by atoms with Gasteiger partial charge in [-0.1, -0.05) is 52.8 Å². The zero-order valence-corrected chi connectivity index (χ0v) is 38.3. The smallest absolute Gasteiger partial charge is 0.410 e. The van der Waals surface area contributed by atoms with Gasteiger partial charge in [-0.2, -0.15) is 0 Å². The van der Waals surface area contributed by atoms with Crippen molar-refractivity contribution in [2.24, 2.45) is 17.8 Å². The second-order valence-corrected chi connectivity index (χ2v) is 18.3. The average molecular weight is 880 g/mol. The summed E-state index contributed by atoms with van der Waals surface area (Å²) in [6, 6.07) is 8.59. The number of carbonyl (C=O) groups excluding carboxylic acids is 4. The van der Waals surface area contributed by atoms with Crippen LogP contribution >= 0.6 is 0 Å². The Bertz CT molecular complexity index is 2120. The van der Waals surface area contributed by atoms with Crippen LogP contribution in [0.4, 0.5) is 9.18 Å². The monoisotopic (exact) mass is 879 g/mol. The summed E-state index contributed by atoms with van der Waals surface area (Å²) in [5.74, 6) is -5.81. The quantitative estimate of drug-likeness (QED) is 0.119. The number of aryl methyl sites for hydroxylation is 1. The van der Waals surface area contributed by atoms with E-state index in [2.05, 4.69) is 15.3 Å². The van der Waals surface area contributed by atoms with Gasteiger partial charge >= 0.3 is 12.1 Å². The zero-order chi connectivity index (χ0) is 46.0. The summed E-state index contributed by atoms with van der Waals surface area (Å²) in [5.41, 5.74) is -3.66. The van der Waals surface area contributed by atoms with Crippen LogP contribution in [0.25, 0.3) is 22.2 Å². The number of benzene rings is 1. The summed E-state index contributed by atoms with van der Waals surface area (Å²) in [6.07, 6.45) is 1.24. The molecule has 0 radical (unpaired) electrons. The number of para-hydroxylation sites is 1. The number of amides is 1. The van der Waals surface area contributed by atoms with Crippen molar-refractivity contribution in [3.05, 3.63) is 49.1 Å². The molecule has 5 heterocycles. The molecule has 0 bridgehead atoms. The second kappa shape index (κ2) is 19.4. The minimum atomic E-state index is -3.18. The minimum Gasteiger partial charge on any atom is -0.455 e. The average Bonchev–Trinajstić information content (AvgIpc) is 3.84. The van der Waals surface area contributed by atoms with E-state index in [1.807, 2.05) is 54.9 Å². The standard InChI is InChI=1S/C47H66FN5O10/c1-11-36-47(9)39(53(44(58)63-47)20-16-15-19-52-25-35(51-26-52)32-22-31-17-13-14-18-33(31)50-24-32)29(5)37(54)27(3)23-45(7,59-10)41(30(6)40(56)46(8,48)43(57)61-36)62-42-38(55)34(49-12-2)21-28(4)60-42/h13-14,17-18,22,24-30,34,36,38-39,41-42,49,55H,11-12,15-16,19-21,23H2,1-10H3/t27-,28-,29+,30+,34+,36-,38+,39?,41-,42+,45-,46+,47-/m1/s1. The van der Waals surface area contributed by atoms with Crippen LogP contribution in [0.15, 0.2) is 49.1 Å². The summed E-state index contributed by atoms with van der Waals surface area (Å²) in [6.45, 7) is 15.8. The van der Waals surface area contributed by atoms with Gasteiger partial charge < -0.3 is 43.6 Å². The summed E-state index contributed by atoms with van der Waals surface area (Å²) in [5, 5.41) is 15.6. The maximum Gasteiger partial charge on any atom is 0.410 e. The van der Waals surface area contributed by atoms with E-state index in [1.54, 1.807) is 47.1 Å². The number of imidazole rings is 1. The van der Waals surface area contributed by atoms with Gasteiger partial charge in [-0.05, 0) is 78.5 Å². The number of likely N-dealkylation sites (N-methyl/N-ethyl adjacent to an activating group) is 1. The van der Waals surface area contributed by atoms with Crippen molar-refractivity contribution in [3.63, 3.8) is 0 Å². The van der Waals surface area contributed by atoms with Crippen molar-refractivity contribution < 1.29 is 52.4 Å². The Hall–Kier alpha value is -4.35. The van der Waals surface area contributed by atoms with E-state index in [9.17, 15) is 24.3 Å². The van der Waals surface area contributed by atoms with Gasteiger partial charge in [0.05, 0.1) is 41.4 Å². The fraction of sp³-hybridized carbons (Fsp3) is 0.660. The van der Waals surface area contributed by atoms with Crippen LogP contribution in [-0.2, 0) is 44.6 Å². The molecule has 15 nitrogen and oxygen atoms in total. The van der Waals surface area contributed by atoms with E-state index < -0.39 is 89.2 Å². The molecule has 63 heavy (non-hydrogen) atoms. The zero-order valence-electron chi connectivity index (χ0n) is 38.3. The number of aliphatic hydroxyl groups is 1. The molecule has 3 aliphatic rings. The molecule has 13 atom stereocenters. The highest BCUT2D eigenvalue weighted by molar-refractivity contribution is 6.08. The summed E-state index contributed by atoms with van der Waals surface area (Å²) >= 11 is 0. The van der Waals surface area contributed by atoms with Crippen molar-refractivity contribution >= 4 is 34.5 Å². The summed E-state index contributed by atoms with van der Waals surface area (Å²) in [7, 11) is 1.40. The Morgan fingerprint density at radius 2 is 1.71 bits per heavy atom. The van der Waals surface area contributed by atoms with Crippen LogP contribution in [0.3, 0.4) is 0 Å². The number of aromatic nitrogens is 3. The maximum absolute atomic E-state index is 16.9. The SMILES string of the molecule is CCN[C@H]1C[C@@H](C)O[C@@H](O[C@@H]2[C@@H](C)C(=O)[C@](C)(F)C(=O)O[C@H](CC)[C@@]3(C)OC(=O)N(CCCCn4cnc(-c5cnc6ccccc6c5)c4)C3[C@@H](C)C(=O)[C@H](C)C[C@@]2(C)OC)[C@H]1O.